The summed E-state index contributed by atoms with van der Waals surface area (Å²) in [6, 6.07) is 24.7. The minimum atomic E-state index is 0.463. The maximum absolute atomic E-state index is 3.47. The first-order valence-electron chi connectivity index (χ1n) is 7.62. The molecular formula is C20H19N. The Labute approximate surface area is 125 Å². The number of hydrogen-bond acceptors (Lipinski definition) is 1. The number of nitrogens with one attached hydrogen (secondary N) is 1. The van der Waals surface area contributed by atoms with Gasteiger partial charge in [0.05, 0.1) is 0 Å². The summed E-state index contributed by atoms with van der Waals surface area (Å²) < 4.78 is 0. The molecule has 1 aliphatic rings. The monoisotopic (exact) mass is 273 g/mol. The van der Waals surface area contributed by atoms with E-state index in [-0.39, 0.29) is 0 Å². The van der Waals surface area contributed by atoms with Crippen LogP contribution in [0.4, 0.5) is 0 Å². The minimum absolute atomic E-state index is 0.463. The molecule has 0 fully saturated rings. The zero-order valence-electron chi connectivity index (χ0n) is 12.2. The zero-order valence-corrected chi connectivity index (χ0v) is 12.2. The molecule has 0 aliphatic heterocycles. The number of fused-ring (bicyclic) bond motifs is 2. The van der Waals surface area contributed by atoms with Crippen LogP contribution in [0.2, 0.25) is 0 Å². The average molecular weight is 273 g/mol. The van der Waals surface area contributed by atoms with Crippen molar-refractivity contribution in [3.8, 4) is 0 Å². The molecule has 0 saturated heterocycles. The molecule has 1 heteroatoms. The van der Waals surface area contributed by atoms with E-state index in [2.05, 4.69) is 79.1 Å². The normalized spacial score (nSPS) is 20.6. The number of rotatable bonds is 2. The summed E-state index contributed by atoms with van der Waals surface area (Å²) >= 11 is 0. The predicted molar refractivity (Wildman–Crippen MR) is 88.7 cm³/mol. The van der Waals surface area contributed by atoms with Crippen LogP contribution in [0.15, 0.2) is 66.7 Å². The fourth-order valence-corrected chi connectivity index (χ4v) is 3.76. The highest BCUT2D eigenvalue weighted by Gasteiger charge is 2.31. The lowest BCUT2D eigenvalue weighted by molar-refractivity contribution is 0.566. The van der Waals surface area contributed by atoms with Gasteiger partial charge in [-0.2, -0.15) is 0 Å². The van der Waals surface area contributed by atoms with E-state index in [0.29, 0.717) is 12.0 Å². The molecule has 0 radical (unpaired) electrons. The first-order valence-corrected chi connectivity index (χ1v) is 7.62. The Bertz CT molecular complexity index is 785. The quantitative estimate of drug-likeness (QED) is 0.717. The lowest BCUT2D eigenvalue weighted by Crippen LogP contribution is -2.13. The first-order chi connectivity index (χ1) is 10.4. The highest BCUT2D eigenvalue weighted by Crippen LogP contribution is 2.45. The number of benzene rings is 3. The minimum Gasteiger partial charge on any atom is -0.313 e. The van der Waals surface area contributed by atoms with Gasteiger partial charge in [-0.15, -0.1) is 0 Å². The SMILES string of the molecule is CN[C@@H]1C[C@@H](c2cccc3ccccc23)c2ccccc21. The molecule has 0 amide bonds. The van der Waals surface area contributed by atoms with E-state index in [0.717, 1.165) is 6.42 Å². The third-order valence-electron chi connectivity index (χ3n) is 4.77. The van der Waals surface area contributed by atoms with Crippen LogP contribution < -0.4 is 5.32 Å². The van der Waals surface area contributed by atoms with Crippen molar-refractivity contribution >= 4 is 10.8 Å². The summed E-state index contributed by atoms with van der Waals surface area (Å²) in [4.78, 5) is 0. The number of hydrogen-bond donors (Lipinski definition) is 1. The molecule has 0 spiro atoms. The molecule has 2 atom stereocenters. The van der Waals surface area contributed by atoms with Crippen molar-refractivity contribution in [2.45, 2.75) is 18.4 Å². The molecule has 0 bridgehead atoms. The highest BCUT2D eigenvalue weighted by molar-refractivity contribution is 5.86. The molecule has 3 aromatic carbocycles. The van der Waals surface area contributed by atoms with E-state index < -0.39 is 0 Å². The molecule has 0 unspecified atom stereocenters. The Morgan fingerprint density at radius 3 is 2.29 bits per heavy atom. The Hall–Kier alpha value is -2.12. The Balaban J connectivity index is 1.91. The largest absolute Gasteiger partial charge is 0.313 e. The van der Waals surface area contributed by atoms with E-state index >= 15 is 0 Å². The smallest absolute Gasteiger partial charge is 0.0329 e. The zero-order chi connectivity index (χ0) is 14.2. The summed E-state index contributed by atoms with van der Waals surface area (Å²) in [5, 5.41) is 6.19. The summed E-state index contributed by atoms with van der Waals surface area (Å²) in [7, 11) is 2.06. The van der Waals surface area contributed by atoms with Gasteiger partial charge in [-0.1, -0.05) is 66.7 Å². The highest BCUT2D eigenvalue weighted by atomic mass is 14.9. The van der Waals surface area contributed by atoms with E-state index in [1.165, 1.54) is 27.5 Å². The molecule has 104 valence electrons. The van der Waals surface area contributed by atoms with Gasteiger partial charge in [0.1, 0.15) is 0 Å². The van der Waals surface area contributed by atoms with E-state index in [4.69, 9.17) is 0 Å². The van der Waals surface area contributed by atoms with Crippen LogP contribution in [0.5, 0.6) is 0 Å². The third kappa shape index (κ3) is 1.97. The second-order valence-electron chi connectivity index (χ2n) is 5.83. The fourth-order valence-electron chi connectivity index (χ4n) is 3.76. The van der Waals surface area contributed by atoms with Gasteiger partial charge in [0.25, 0.3) is 0 Å². The van der Waals surface area contributed by atoms with E-state index in [1.54, 1.807) is 0 Å². The molecule has 21 heavy (non-hydrogen) atoms. The lowest BCUT2D eigenvalue weighted by Gasteiger charge is -2.15. The summed E-state index contributed by atoms with van der Waals surface area (Å²) in [6.45, 7) is 0. The fraction of sp³-hybridized carbons (Fsp3) is 0.200. The van der Waals surface area contributed by atoms with Crippen LogP contribution in [-0.4, -0.2) is 7.05 Å². The molecule has 1 aliphatic carbocycles. The van der Waals surface area contributed by atoms with Crippen LogP contribution >= 0.6 is 0 Å². The van der Waals surface area contributed by atoms with Gasteiger partial charge in [-0.25, -0.2) is 0 Å². The van der Waals surface area contributed by atoms with Gasteiger partial charge in [-0.3, -0.25) is 0 Å². The second kappa shape index (κ2) is 5.01. The standard InChI is InChI=1S/C20H19N/c1-21-20-13-19(17-10-4-5-11-18(17)20)16-12-6-8-14-7-2-3-9-15(14)16/h2-12,19-21H,13H2,1H3/t19-,20+/m0/s1. The van der Waals surface area contributed by atoms with Gasteiger partial charge in [-0.05, 0) is 40.9 Å². The van der Waals surface area contributed by atoms with Crippen molar-refractivity contribution in [1.29, 1.82) is 0 Å². The lowest BCUT2D eigenvalue weighted by atomic mass is 9.89. The van der Waals surface area contributed by atoms with Crippen molar-refractivity contribution < 1.29 is 0 Å². The second-order valence-corrected chi connectivity index (χ2v) is 5.83. The van der Waals surface area contributed by atoms with Gasteiger partial charge >= 0.3 is 0 Å². The Kier molecular flexibility index (Phi) is 3.01. The van der Waals surface area contributed by atoms with Gasteiger partial charge in [0.2, 0.25) is 0 Å². The van der Waals surface area contributed by atoms with Crippen molar-refractivity contribution in [2.75, 3.05) is 7.05 Å². The van der Waals surface area contributed by atoms with Gasteiger partial charge < -0.3 is 5.32 Å². The molecule has 1 N–H and O–H groups in total. The van der Waals surface area contributed by atoms with Crippen LogP contribution in [0.1, 0.15) is 35.1 Å². The van der Waals surface area contributed by atoms with Crippen LogP contribution in [0, 0.1) is 0 Å². The van der Waals surface area contributed by atoms with E-state index in [1.807, 2.05) is 0 Å². The van der Waals surface area contributed by atoms with Gasteiger partial charge in [0.15, 0.2) is 0 Å². The maximum Gasteiger partial charge on any atom is 0.0329 e. The van der Waals surface area contributed by atoms with Crippen molar-refractivity contribution in [2.24, 2.45) is 0 Å². The Morgan fingerprint density at radius 1 is 0.762 bits per heavy atom. The van der Waals surface area contributed by atoms with E-state index in [9.17, 15) is 0 Å². The van der Waals surface area contributed by atoms with Crippen molar-refractivity contribution in [1.82, 2.24) is 5.32 Å². The summed E-state index contributed by atoms with van der Waals surface area (Å²) in [5.41, 5.74) is 4.39. The van der Waals surface area contributed by atoms with Crippen molar-refractivity contribution in [3.05, 3.63) is 83.4 Å². The Morgan fingerprint density at radius 2 is 1.43 bits per heavy atom. The summed E-state index contributed by atoms with van der Waals surface area (Å²) in [5.74, 6) is 0.491. The topological polar surface area (TPSA) is 12.0 Å². The molecule has 4 rings (SSSR count). The average Bonchev–Trinajstić information content (AvgIpc) is 2.93. The first kappa shape index (κ1) is 12.6. The third-order valence-corrected chi connectivity index (χ3v) is 4.77. The molecule has 0 saturated carbocycles. The molecule has 1 nitrogen and oxygen atoms in total. The maximum atomic E-state index is 3.47. The van der Waals surface area contributed by atoms with Crippen molar-refractivity contribution in [3.63, 3.8) is 0 Å². The molecule has 0 aromatic heterocycles. The molecular weight excluding hydrogens is 254 g/mol. The van der Waals surface area contributed by atoms with Crippen LogP contribution in [0.25, 0.3) is 10.8 Å². The van der Waals surface area contributed by atoms with Gasteiger partial charge in [0, 0.05) is 12.0 Å². The van der Waals surface area contributed by atoms with Crippen LogP contribution in [-0.2, 0) is 0 Å². The molecule has 3 aromatic rings. The summed E-state index contributed by atoms with van der Waals surface area (Å²) in [6.07, 6.45) is 1.14. The molecule has 0 heterocycles. The predicted octanol–water partition coefficient (Wildman–Crippen LogP) is 4.64. The van der Waals surface area contributed by atoms with Crippen LogP contribution in [0.3, 0.4) is 0 Å².